The maximum Gasteiger partial charge on any atom is 0.320 e. The molecule has 0 bridgehead atoms. The standard InChI is InChI=1S/C8H14FN3O2/c1-5(10)12-4-6(9)2-3-7(11)8(13)14/h2,7H,3-4,11H2,1H3,(H2,10,12)(H,13,14)/b6-2+/t7-/m0/s1. The predicted molar refractivity (Wildman–Crippen MR) is 51.6 cm³/mol. The van der Waals surface area contributed by atoms with Crippen LogP contribution in [0.1, 0.15) is 13.3 Å². The summed E-state index contributed by atoms with van der Waals surface area (Å²) in [5.74, 6) is -1.42. The van der Waals surface area contributed by atoms with Gasteiger partial charge in [-0.25, -0.2) is 4.39 Å². The summed E-state index contributed by atoms with van der Waals surface area (Å²) in [7, 11) is 0. The van der Waals surface area contributed by atoms with E-state index in [4.69, 9.17) is 16.6 Å². The molecule has 0 amide bonds. The quantitative estimate of drug-likeness (QED) is 0.433. The van der Waals surface area contributed by atoms with E-state index < -0.39 is 17.8 Å². The van der Waals surface area contributed by atoms with Crippen molar-refractivity contribution in [3.8, 4) is 0 Å². The first-order valence-corrected chi connectivity index (χ1v) is 4.03. The van der Waals surface area contributed by atoms with Crippen molar-refractivity contribution in [3.63, 3.8) is 0 Å². The fourth-order valence-electron chi connectivity index (χ4n) is 0.620. The molecule has 0 rings (SSSR count). The molecule has 0 aromatic carbocycles. The number of aliphatic imine (C=N–C) groups is 1. The number of nitrogens with two attached hydrogens (primary N) is 2. The number of rotatable bonds is 5. The van der Waals surface area contributed by atoms with Crippen LogP contribution in [0.15, 0.2) is 16.9 Å². The van der Waals surface area contributed by atoms with Crippen LogP contribution < -0.4 is 11.5 Å². The summed E-state index contributed by atoms with van der Waals surface area (Å²) in [6.07, 6.45) is 1.05. The number of carboxylic acids is 1. The zero-order valence-electron chi connectivity index (χ0n) is 7.90. The van der Waals surface area contributed by atoms with Crippen LogP contribution in [0.4, 0.5) is 4.39 Å². The van der Waals surface area contributed by atoms with Gasteiger partial charge in [-0.2, -0.15) is 0 Å². The summed E-state index contributed by atoms with van der Waals surface area (Å²) in [5.41, 5.74) is 10.3. The number of hydrogen-bond donors (Lipinski definition) is 3. The zero-order chi connectivity index (χ0) is 11.1. The van der Waals surface area contributed by atoms with Crippen molar-refractivity contribution < 1.29 is 14.3 Å². The molecule has 14 heavy (non-hydrogen) atoms. The van der Waals surface area contributed by atoms with Crippen LogP contribution in [0.25, 0.3) is 0 Å². The third-order valence-corrected chi connectivity index (χ3v) is 1.39. The Morgan fingerprint density at radius 3 is 2.71 bits per heavy atom. The summed E-state index contributed by atoms with van der Waals surface area (Å²) in [5, 5.41) is 8.39. The van der Waals surface area contributed by atoms with Crippen molar-refractivity contribution in [1.29, 1.82) is 0 Å². The molecular formula is C8H14FN3O2. The minimum absolute atomic E-state index is 0.0553. The Morgan fingerprint density at radius 1 is 1.71 bits per heavy atom. The van der Waals surface area contributed by atoms with E-state index in [0.29, 0.717) is 0 Å². The number of carboxylic acid groups (broad SMARTS) is 1. The van der Waals surface area contributed by atoms with E-state index in [1.54, 1.807) is 0 Å². The topological polar surface area (TPSA) is 102 Å². The third-order valence-electron chi connectivity index (χ3n) is 1.39. The Morgan fingerprint density at radius 2 is 2.29 bits per heavy atom. The van der Waals surface area contributed by atoms with Gasteiger partial charge in [-0.3, -0.25) is 9.79 Å². The van der Waals surface area contributed by atoms with E-state index in [-0.39, 0.29) is 18.8 Å². The van der Waals surface area contributed by atoms with Crippen LogP contribution in [0.2, 0.25) is 0 Å². The number of carbonyl (C=O) groups is 1. The van der Waals surface area contributed by atoms with E-state index >= 15 is 0 Å². The number of amidine groups is 1. The lowest BCUT2D eigenvalue weighted by Crippen LogP contribution is -2.29. The molecule has 1 atom stereocenters. The molecule has 0 fully saturated rings. The third kappa shape index (κ3) is 6.13. The second-order valence-corrected chi connectivity index (χ2v) is 2.79. The Kier molecular flexibility index (Phi) is 5.47. The van der Waals surface area contributed by atoms with E-state index in [1.807, 2.05) is 0 Å². The minimum atomic E-state index is -1.16. The van der Waals surface area contributed by atoms with Crippen LogP contribution >= 0.6 is 0 Å². The SMILES string of the molecule is CC(N)=NC/C(F)=C\C[C@H](N)C(=O)O. The molecule has 0 aromatic rings. The molecule has 0 aliphatic carbocycles. The highest BCUT2D eigenvalue weighted by Gasteiger charge is 2.09. The summed E-state index contributed by atoms with van der Waals surface area (Å²) in [6.45, 7) is 1.37. The highest BCUT2D eigenvalue weighted by molar-refractivity contribution is 5.77. The predicted octanol–water partition coefficient (Wildman–Crippen LogP) is 0.0189. The van der Waals surface area contributed by atoms with Gasteiger partial charge in [0.05, 0.1) is 12.4 Å². The maximum atomic E-state index is 12.8. The van der Waals surface area contributed by atoms with Gasteiger partial charge in [0.2, 0.25) is 0 Å². The molecule has 5 N–H and O–H groups in total. The molecule has 6 heteroatoms. The Labute approximate surface area is 81.3 Å². The Hall–Kier alpha value is -1.43. The fourth-order valence-corrected chi connectivity index (χ4v) is 0.620. The van der Waals surface area contributed by atoms with Gasteiger partial charge < -0.3 is 16.6 Å². The van der Waals surface area contributed by atoms with Crippen LogP contribution in [0.5, 0.6) is 0 Å². The lowest BCUT2D eigenvalue weighted by Gasteiger charge is -2.01. The first-order valence-electron chi connectivity index (χ1n) is 4.03. The molecule has 0 heterocycles. The van der Waals surface area contributed by atoms with Crippen LogP contribution in [0.3, 0.4) is 0 Å². The molecule has 0 radical (unpaired) electrons. The summed E-state index contributed by atoms with van der Waals surface area (Å²) >= 11 is 0. The van der Waals surface area contributed by atoms with Gasteiger partial charge in [0, 0.05) is 0 Å². The monoisotopic (exact) mass is 203 g/mol. The molecule has 0 saturated heterocycles. The second-order valence-electron chi connectivity index (χ2n) is 2.79. The highest BCUT2D eigenvalue weighted by Crippen LogP contribution is 2.01. The average Bonchev–Trinajstić information content (AvgIpc) is 2.10. The van der Waals surface area contributed by atoms with Crippen molar-refractivity contribution in [1.82, 2.24) is 0 Å². The summed E-state index contributed by atoms with van der Waals surface area (Å²) < 4.78 is 12.8. The van der Waals surface area contributed by atoms with Crippen molar-refractivity contribution in [2.24, 2.45) is 16.5 Å². The number of aliphatic carboxylic acids is 1. The van der Waals surface area contributed by atoms with Crippen molar-refractivity contribution in [2.45, 2.75) is 19.4 Å². The normalized spacial score (nSPS) is 15.4. The number of hydrogen-bond acceptors (Lipinski definition) is 3. The van der Waals surface area contributed by atoms with Gasteiger partial charge in [-0.1, -0.05) is 0 Å². The smallest absolute Gasteiger partial charge is 0.320 e. The highest BCUT2D eigenvalue weighted by atomic mass is 19.1. The second kappa shape index (κ2) is 6.09. The van der Waals surface area contributed by atoms with Crippen molar-refractivity contribution >= 4 is 11.8 Å². The molecule has 5 nitrogen and oxygen atoms in total. The van der Waals surface area contributed by atoms with Gasteiger partial charge in [-0.05, 0) is 19.4 Å². The first-order chi connectivity index (χ1) is 6.43. The van der Waals surface area contributed by atoms with Gasteiger partial charge in [0.15, 0.2) is 0 Å². The fraction of sp³-hybridized carbons (Fsp3) is 0.500. The van der Waals surface area contributed by atoms with Crippen molar-refractivity contribution in [3.05, 3.63) is 11.9 Å². The van der Waals surface area contributed by atoms with Crippen LogP contribution in [0, 0.1) is 0 Å². The Balaban J connectivity index is 4.00. The lowest BCUT2D eigenvalue weighted by atomic mass is 10.2. The molecule has 0 aliphatic heterocycles. The lowest BCUT2D eigenvalue weighted by molar-refractivity contribution is -0.138. The van der Waals surface area contributed by atoms with E-state index in [2.05, 4.69) is 4.99 Å². The van der Waals surface area contributed by atoms with Crippen LogP contribution in [-0.4, -0.2) is 29.5 Å². The molecule has 0 unspecified atom stereocenters. The van der Waals surface area contributed by atoms with Crippen LogP contribution in [-0.2, 0) is 4.79 Å². The molecule has 80 valence electrons. The first kappa shape index (κ1) is 12.6. The van der Waals surface area contributed by atoms with E-state index in [9.17, 15) is 9.18 Å². The molecular weight excluding hydrogens is 189 g/mol. The average molecular weight is 203 g/mol. The summed E-state index contributed by atoms with van der Waals surface area (Å²) in [6, 6.07) is -1.08. The molecule has 0 saturated carbocycles. The minimum Gasteiger partial charge on any atom is -0.480 e. The summed E-state index contributed by atoms with van der Waals surface area (Å²) in [4.78, 5) is 13.9. The largest absolute Gasteiger partial charge is 0.480 e. The van der Waals surface area contributed by atoms with Gasteiger partial charge in [0.25, 0.3) is 0 Å². The molecule has 0 aromatic heterocycles. The maximum absolute atomic E-state index is 12.8. The van der Waals surface area contributed by atoms with Gasteiger partial charge >= 0.3 is 5.97 Å². The Bertz CT molecular complexity index is 259. The molecule has 0 aliphatic rings. The number of halogens is 1. The zero-order valence-corrected chi connectivity index (χ0v) is 7.90. The van der Waals surface area contributed by atoms with E-state index in [0.717, 1.165) is 6.08 Å². The molecule has 0 spiro atoms. The van der Waals surface area contributed by atoms with Gasteiger partial charge in [-0.15, -0.1) is 0 Å². The van der Waals surface area contributed by atoms with Crippen molar-refractivity contribution in [2.75, 3.05) is 6.54 Å². The van der Waals surface area contributed by atoms with Gasteiger partial charge in [0.1, 0.15) is 11.9 Å². The number of nitrogens with zero attached hydrogens (tertiary/aromatic N) is 1. The van der Waals surface area contributed by atoms with E-state index in [1.165, 1.54) is 6.92 Å².